The number of carbonyl (C=O) groups excluding carboxylic acids is 2. The first-order valence-electron chi connectivity index (χ1n) is 10.7. The van der Waals surface area contributed by atoms with Crippen molar-refractivity contribution in [1.29, 1.82) is 0 Å². The van der Waals surface area contributed by atoms with Gasteiger partial charge in [0.2, 0.25) is 0 Å². The third-order valence-corrected chi connectivity index (χ3v) is 6.13. The lowest BCUT2D eigenvalue weighted by Gasteiger charge is -2.22. The Hall–Kier alpha value is -3.54. The normalized spacial score (nSPS) is 14.1. The summed E-state index contributed by atoms with van der Waals surface area (Å²) < 4.78 is 14.8. The monoisotopic (exact) mass is 432 g/mol. The molecule has 1 heterocycles. The van der Waals surface area contributed by atoms with Crippen LogP contribution in [0, 0.1) is 19.7 Å². The number of aromatic nitrogens is 1. The van der Waals surface area contributed by atoms with Crippen molar-refractivity contribution in [2.75, 3.05) is 0 Å². The van der Waals surface area contributed by atoms with Gasteiger partial charge in [-0.05, 0) is 80.6 Å². The molecule has 4 rings (SSSR count). The molecule has 6 heteroatoms. The van der Waals surface area contributed by atoms with Gasteiger partial charge in [-0.3, -0.25) is 19.0 Å². The van der Waals surface area contributed by atoms with Crippen molar-refractivity contribution in [3.05, 3.63) is 98.2 Å². The molecule has 5 nitrogen and oxygen atoms in total. The topological polar surface area (TPSA) is 68.2 Å². The Kier molecular flexibility index (Phi) is 5.78. The van der Waals surface area contributed by atoms with E-state index in [0.717, 1.165) is 16.7 Å². The highest BCUT2D eigenvalue weighted by molar-refractivity contribution is 6.02. The number of ketones is 1. The number of benzene rings is 2. The SMILES string of the molecule is Cc1ccc(C(C)NC(=O)c2cc3c(n(-c4ccc(F)cc4)c2=O)CCCC3=O)cc1C. The molecular weight excluding hydrogens is 407 g/mol. The van der Waals surface area contributed by atoms with Crippen LogP contribution in [0.15, 0.2) is 53.3 Å². The van der Waals surface area contributed by atoms with E-state index < -0.39 is 17.3 Å². The molecule has 164 valence electrons. The number of rotatable bonds is 4. The molecule has 1 N–H and O–H groups in total. The van der Waals surface area contributed by atoms with E-state index in [-0.39, 0.29) is 17.4 Å². The zero-order chi connectivity index (χ0) is 23.0. The first kappa shape index (κ1) is 21.7. The third-order valence-electron chi connectivity index (χ3n) is 6.13. The summed E-state index contributed by atoms with van der Waals surface area (Å²) in [5.74, 6) is -1.07. The maximum atomic E-state index is 13.5. The van der Waals surface area contributed by atoms with Crippen molar-refractivity contribution < 1.29 is 14.0 Å². The molecule has 1 aliphatic carbocycles. The van der Waals surface area contributed by atoms with Crippen molar-refractivity contribution >= 4 is 11.7 Å². The van der Waals surface area contributed by atoms with Gasteiger partial charge < -0.3 is 5.32 Å². The van der Waals surface area contributed by atoms with E-state index in [1.165, 1.54) is 34.9 Å². The van der Waals surface area contributed by atoms with Crippen molar-refractivity contribution in [3.8, 4) is 5.69 Å². The zero-order valence-corrected chi connectivity index (χ0v) is 18.4. The third kappa shape index (κ3) is 4.00. The second-order valence-corrected chi connectivity index (χ2v) is 8.35. The average molecular weight is 432 g/mol. The van der Waals surface area contributed by atoms with E-state index in [1.807, 2.05) is 39.0 Å². The number of Topliss-reactive ketones (excluding diaryl/α,β-unsaturated/α-hetero) is 1. The maximum Gasteiger partial charge on any atom is 0.268 e. The fourth-order valence-electron chi connectivity index (χ4n) is 4.11. The molecule has 0 bridgehead atoms. The molecule has 0 radical (unpaired) electrons. The Balaban J connectivity index is 1.77. The van der Waals surface area contributed by atoms with E-state index >= 15 is 0 Å². The lowest BCUT2D eigenvalue weighted by atomic mass is 9.92. The molecule has 32 heavy (non-hydrogen) atoms. The highest BCUT2D eigenvalue weighted by atomic mass is 19.1. The van der Waals surface area contributed by atoms with E-state index in [4.69, 9.17) is 0 Å². The van der Waals surface area contributed by atoms with Crippen molar-refractivity contribution in [1.82, 2.24) is 9.88 Å². The van der Waals surface area contributed by atoms with Crippen LogP contribution >= 0.6 is 0 Å². The summed E-state index contributed by atoms with van der Waals surface area (Å²) in [4.78, 5) is 39.1. The molecule has 0 fully saturated rings. The molecule has 3 aromatic rings. The van der Waals surface area contributed by atoms with Crippen molar-refractivity contribution in [3.63, 3.8) is 0 Å². The van der Waals surface area contributed by atoms with Crippen LogP contribution in [0.25, 0.3) is 5.69 Å². The quantitative estimate of drug-likeness (QED) is 0.655. The minimum absolute atomic E-state index is 0.0981. The number of fused-ring (bicyclic) bond motifs is 1. The van der Waals surface area contributed by atoms with E-state index in [2.05, 4.69) is 5.32 Å². The van der Waals surface area contributed by atoms with Gasteiger partial charge >= 0.3 is 0 Å². The molecule has 2 aromatic carbocycles. The van der Waals surface area contributed by atoms with Crippen LogP contribution in [0.4, 0.5) is 4.39 Å². The van der Waals surface area contributed by atoms with Gasteiger partial charge in [-0.15, -0.1) is 0 Å². The summed E-state index contributed by atoms with van der Waals surface area (Å²) in [6.07, 6.45) is 1.53. The molecule has 0 saturated heterocycles. The molecule has 1 aliphatic rings. The van der Waals surface area contributed by atoms with Crippen LogP contribution in [0.2, 0.25) is 0 Å². The predicted octanol–water partition coefficient (Wildman–Crippen LogP) is 4.60. The van der Waals surface area contributed by atoms with Gasteiger partial charge in [0.05, 0.1) is 6.04 Å². The second kappa shape index (κ2) is 8.54. The number of carbonyl (C=O) groups is 2. The van der Waals surface area contributed by atoms with Gasteiger partial charge in [0.15, 0.2) is 5.78 Å². The van der Waals surface area contributed by atoms with E-state index in [9.17, 15) is 18.8 Å². The molecule has 1 unspecified atom stereocenters. The number of hydrogen-bond donors (Lipinski definition) is 1. The fourth-order valence-corrected chi connectivity index (χ4v) is 4.11. The van der Waals surface area contributed by atoms with Crippen LogP contribution in [-0.4, -0.2) is 16.3 Å². The largest absolute Gasteiger partial charge is 0.345 e. The predicted molar refractivity (Wildman–Crippen MR) is 121 cm³/mol. The number of nitrogens with one attached hydrogen (secondary N) is 1. The summed E-state index contributed by atoms with van der Waals surface area (Å²) in [5, 5.41) is 2.89. The molecular formula is C26H25FN2O3. The summed E-state index contributed by atoms with van der Waals surface area (Å²) in [5.41, 5.74) is 3.95. The minimum atomic E-state index is -0.544. The van der Waals surface area contributed by atoms with Crippen molar-refractivity contribution in [2.24, 2.45) is 0 Å². The molecule has 1 amide bonds. The second-order valence-electron chi connectivity index (χ2n) is 8.35. The van der Waals surface area contributed by atoms with Crippen LogP contribution in [-0.2, 0) is 6.42 Å². The van der Waals surface area contributed by atoms with E-state index in [1.54, 1.807) is 0 Å². The standard InChI is InChI=1S/C26H25FN2O3/c1-15-7-8-18(13-16(15)2)17(3)28-25(31)22-14-21-23(5-4-6-24(21)30)29(26(22)32)20-11-9-19(27)10-12-20/h7-14,17H,4-6H2,1-3H3,(H,28,31). The number of hydrogen-bond acceptors (Lipinski definition) is 3. The van der Waals surface area contributed by atoms with Crippen LogP contribution in [0.3, 0.4) is 0 Å². The summed E-state index contributed by atoms with van der Waals surface area (Å²) >= 11 is 0. The Morgan fingerprint density at radius 3 is 2.41 bits per heavy atom. The Labute approximate surface area is 185 Å². The first-order valence-corrected chi connectivity index (χ1v) is 10.7. The van der Waals surface area contributed by atoms with Crippen LogP contribution < -0.4 is 10.9 Å². The van der Waals surface area contributed by atoms with Gasteiger partial charge in [0.25, 0.3) is 11.5 Å². The highest BCUT2D eigenvalue weighted by Gasteiger charge is 2.26. The van der Waals surface area contributed by atoms with Gasteiger partial charge in [-0.25, -0.2) is 4.39 Å². The van der Waals surface area contributed by atoms with Crippen molar-refractivity contribution in [2.45, 2.75) is 46.1 Å². The van der Waals surface area contributed by atoms with Gasteiger partial charge in [-0.1, -0.05) is 18.2 Å². The van der Waals surface area contributed by atoms with Gasteiger partial charge in [-0.2, -0.15) is 0 Å². The smallest absolute Gasteiger partial charge is 0.268 e. The fraction of sp³-hybridized carbons (Fsp3) is 0.269. The van der Waals surface area contributed by atoms with Crippen LogP contribution in [0.1, 0.15) is 68.9 Å². The van der Waals surface area contributed by atoms with Gasteiger partial charge in [0, 0.05) is 23.4 Å². The number of aryl methyl sites for hydroxylation is 2. The Morgan fingerprint density at radius 1 is 1.00 bits per heavy atom. The van der Waals surface area contributed by atoms with Gasteiger partial charge in [0.1, 0.15) is 11.4 Å². The number of pyridine rings is 1. The minimum Gasteiger partial charge on any atom is -0.345 e. The molecule has 1 atom stereocenters. The zero-order valence-electron chi connectivity index (χ0n) is 18.4. The lowest BCUT2D eigenvalue weighted by molar-refractivity contribution is 0.0938. The van der Waals surface area contributed by atoms with Crippen LogP contribution in [0.5, 0.6) is 0 Å². The Bertz CT molecular complexity index is 1280. The van der Waals surface area contributed by atoms with E-state index in [0.29, 0.717) is 36.2 Å². The summed E-state index contributed by atoms with van der Waals surface area (Å²) in [6.45, 7) is 5.87. The molecule has 1 aromatic heterocycles. The Morgan fingerprint density at radius 2 is 1.72 bits per heavy atom. The number of amides is 1. The first-order chi connectivity index (χ1) is 15.3. The summed E-state index contributed by atoms with van der Waals surface area (Å²) in [6, 6.07) is 12.5. The number of nitrogens with zero attached hydrogens (tertiary/aromatic N) is 1. The summed E-state index contributed by atoms with van der Waals surface area (Å²) in [7, 11) is 0. The average Bonchev–Trinajstić information content (AvgIpc) is 2.76. The molecule has 0 aliphatic heterocycles. The maximum absolute atomic E-state index is 13.5. The highest BCUT2D eigenvalue weighted by Crippen LogP contribution is 2.24. The molecule has 0 saturated carbocycles. The lowest BCUT2D eigenvalue weighted by Crippen LogP contribution is -2.37. The molecule has 0 spiro atoms. The number of halogens is 1.